The lowest BCUT2D eigenvalue weighted by Gasteiger charge is -2.19. The van der Waals surface area contributed by atoms with Gasteiger partial charge in [-0.05, 0) is 36.8 Å². The molecule has 0 amide bonds. The summed E-state index contributed by atoms with van der Waals surface area (Å²) in [6.45, 7) is 0. The van der Waals surface area contributed by atoms with Crippen LogP contribution in [0.3, 0.4) is 0 Å². The maximum Gasteiger partial charge on any atom is 0.240 e. The average molecular weight is 345 g/mol. The molecule has 1 aromatic carbocycles. The number of thioether (sulfide) groups is 1. The molecular weight excluding hydrogens is 324 g/mol. The Balaban J connectivity index is 2.10. The van der Waals surface area contributed by atoms with Gasteiger partial charge in [-0.25, -0.2) is 13.1 Å². The van der Waals surface area contributed by atoms with Gasteiger partial charge in [-0.1, -0.05) is 30.8 Å². The molecule has 0 radical (unpaired) electrons. The summed E-state index contributed by atoms with van der Waals surface area (Å²) in [4.78, 5) is 0.693. The summed E-state index contributed by atoms with van der Waals surface area (Å²) in [6.07, 6.45) is 5.57. The van der Waals surface area contributed by atoms with Crippen molar-refractivity contribution < 1.29 is 8.42 Å². The van der Waals surface area contributed by atoms with Crippen LogP contribution in [0.2, 0.25) is 0 Å². The van der Waals surface area contributed by atoms with Crippen LogP contribution in [0.5, 0.6) is 0 Å². The Labute approximate surface area is 135 Å². The number of hydrogen-bond acceptors (Lipinski definition) is 4. The Morgan fingerprint density at radius 2 is 2.05 bits per heavy atom. The van der Waals surface area contributed by atoms with Gasteiger partial charge in [-0.2, -0.15) is 11.8 Å². The van der Waals surface area contributed by atoms with Crippen LogP contribution in [-0.4, -0.2) is 31.0 Å². The molecule has 3 N–H and O–H groups in total. The lowest BCUT2D eigenvalue weighted by Crippen LogP contribution is -2.38. The maximum absolute atomic E-state index is 12.4. The van der Waals surface area contributed by atoms with E-state index in [9.17, 15) is 8.42 Å². The number of nitrogens with two attached hydrogens (primary N) is 1. The van der Waals surface area contributed by atoms with Gasteiger partial charge in [0.15, 0.2) is 0 Å². The minimum Gasteiger partial charge on any atom is -0.393 e. The van der Waals surface area contributed by atoms with E-state index in [0.29, 0.717) is 21.6 Å². The van der Waals surface area contributed by atoms with Gasteiger partial charge in [0, 0.05) is 17.7 Å². The summed E-state index contributed by atoms with van der Waals surface area (Å²) in [7, 11) is -3.46. The minimum atomic E-state index is -3.46. The smallest absolute Gasteiger partial charge is 0.240 e. The fourth-order valence-corrected chi connectivity index (χ4v) is 5.10. The highest BCUT2D eigenvalue weighted by molar-refractivity contribution is 7.99. The van der Waals surface area contributed by atoms with Crippen molar-refractivity contribution in [3.05, 3.63) is 29.8 Å². The molecule has 21 heavy (non-hydrogen) atoms. The predicted octanol–water partition coefficient (Wildman–Crippen LogP) is 2.08. The van der Waals surface area contributed by atoms with E-state index < -0.39 is 10.0 Å². The molecule has 116 valence electrons. The second-order valence-electron chi connectivity index (χ2n) is 5.22. The second kappa shape index (κ2) is 7.09. The zero-order valence-corrected chi connectivity index (χ0v) is 14.4. The van der Waals surface area contributed by atoms with Gasteiger partial charge >= 0.3 is 0 Å². The molecule has 2 rings (SSSR count). The fourth-order valence-electron chi connectivity index (χ4n) is 2.60. The number of rotatable bonds is 6. The molecule has 0 spiro atoms. The van der Waals surface area contributed by atoms with Gasteiger partial charge in [0.25, 0.3) is 0 Å². The van der Waals surface area contributed by atoms with Crippen molar-refractivity contribution in [2.75, 3.05) is 6.26 Å². The third kappa shape index (κ3) is 4.42. The van der Waals surface area contributed by atoms with E-state index in [1.807, 2.05) is 6.26 Å². The third-order valence-electron chi connectivity index (χ3n) is 3.67. The predicted molar refractivity (Wildman–Crippen MR) is 92.2 cm³/mol. The number of thiocarbonyl (C=S) groups is 1. The molecule has 7 heteroatoms. The van der Waals surface area contributed by atoms with Gasteiger partial charge < -0.3 is 5.73 Å². The van der Waals surface area contributed by atoms with Crippen LogP contribution < -0.4 is 10.5 Å². The zero-order chi connectivity index (χ0) is 15.5. The first-order valence-electron chi connectivity index (χ1n) is 6.85. The normalized spacial score (nSPS) is 22.3. The van der Waals surface area contributed by atoms with E-state index in [1.54, 1.807) is 36.0 Å². The van der Waals surface area contributed by atoms with E-state index in [0.717, 1.165) is 24.8 Å². The molecule has 1 fully saturated rings. The number of hydrogen-bond donors (Lipinski definition) is 2. The summed E-state index contributed by atoms with van der Waals surface area (Å²) in [5.41, 5.74) is 6.41. The first kappa shape index (κ1) is 16.7. The van der Waals surface area contributed by atoms with Crippen LogP contribution in [0.4, 0.5) is 0 Å². The van der Waals surface area contributed by atoms with Crippen molar-refractivity contribution in [3.63, 3.8) is 0 Å². The molecule has 0 heterocycles. The molecular formula is C14H20N2O2S3. The van der Waals surface area contributed by atoms with Crippen LogP contribution >= 0.6 is 24.0 Å². The van der Waals surface area contributed by atoms with E-state index in [2.05, 4.69) is 4.72 Å². The molecule has 1 saturated carbocycles. The molecule has 0 bridgehead atoms. The maximum atomic E-state index is 12.4. The van der Waals surface area contributed by atoms with Crippen molar-refractivity contribution in [1.29, 1.82) is 0 Å². The molecule has 1 aliphatic rings. The SMILES string of the molecule is CSC1CCCC1NS(=O)(=O)c1ccc(CC(N)=S)cc1. The molecule has 0 saturated heterocycles. The topological polar surface area (TPSA) is 72.2 Å². The summed E-state index contributed by atoms with van der Waals surface area (Å²) >= 11 is 6.58. The summed E-state index contributed by atoms with van der Waals surface area (Å²) < 4.78 is 27.7. The first-order chi connectivity index (χ1) is 9.92. The van der Waals surface area contributed by atoms with Crippen LogP contribution in [0.15, 0.2) is 29.2 Å². The number of sulfonamides is 1. The molecule has 1 aromatic rings. The van der Waals surface area contributed by atoms with Gasteiger partial charge in [0.1, 0.15) is 0 Å². The molecule has 1 aliphatic carbocycles. The highest BCUT2D eigenvalue weighted by atomic mass is 32.2. The minimum absolute atomic E-state index is 0.0290. The van der Waals surface area contributed by atoms with Crippen molar-refractivity contribution in [2.45, 2.75) is 41.9 Å². The molecule has 0 aromatic heterocycles. The summed E-state index contributed by atoms with van der Waals surface area (Å²) in [5.74, 6) is 0. The summed E-state index contributed by atoms with van der Waals surface area (Å²) in [6, 6.07) is 6.77. The molecule has 0 aliphatic heterocycles. The first-order valence-corrected chi connectivity index (χ1v) is 10.0. The number of benzene rings is 1. The van der Waals surface area contributed by atoms with Crippen molar-refractivity contribution in [1.82, 2.24) is 4.72 Å². The van der Waals surface area contributed by atoms with Crippen molar-refractivity contribution in [3.8, 4) is 0 Å². The van der Waals surface area contributed by atoms with Gasteiger partial charge in [-0.3, -0.25) is 0 Å². The van der Waals surface area contributed by atoms with Crippen LogP contribution in [0.25, 0.3) is 0 Å². The second-order valence-corrected chi connectivity index (χ2v) is 8.54. The highest BCUT2D eigenvalue weighted by Crippen LogP contribution is 2.29. The van der Waals surface area contributed by atoms with Crippen LogP contribution in [-0.2, 0) is 16.4 Å². The quantitative estimate of drug-likeness (QED) is 0.773. The molecule has 2 atom stereocenters. The number of nitrogens with one attached hydrogen (secondary N) is 1. The van der Waals surface area contributed by atoms with E-state index in [-0.39, 0.29) is 6.04 Å². The average Bonchev–Trinajstić information content (AvgIpc) is 2.85. The monoisotopic (exact) mass is 344 g/mol. The van der Waals surface area contributed by atoms with E-state index >= 15 is 0 Å². The van der Waals surface area contributed by atoms with Crippen molar-refractivity contribution in [2.24, 2.45) is 5.73 Å². The summed E-state index contributed by atoms with van der Waals surface area (Å²) in [5, 5.41) is 0.369. The Morgan fingerprint density at radius 3 is 2.62 bits per heavy atom. The standard InChI is InChI=1S/C14H20N2O2S3/c1-20-13-4-2-3-12(13)16-21(17,18)11-7-5-10(6-8-11)9-14(15)19/h5-8,12-13,16H,2-4,9H2,1H3,(H2,15,19). The van der Waals surface area contributed by atoms with Crippen molar-refractivity contribution >= 4 is 39.0 Å². The molecule has 4 nitrogen and oxygen atoms in total. The zero-order valence-electron chi connectivity index (χ0n) is 11.9. The lowest BCUT2D eigenvalue weighted by molar-refractivity contribution is 0.555. The van der Waals surface area contributed by atoms with Crippen LogP contribution in [0, 0.1) is 0 Å². The Bertz CT molecular complexity index is 599. The Hall–Kier alpha value is -0.630. The lowest BCUT2D eigenvalue weighted by atomic mass is 10.1. The molecule has 2 unspecified atom stereocenters. The highest BCUT2D eigenvalue weighted by Gasteiger charge is 2.30. The Morgan fingerprint density at radius 1 is 1.38 bits per heavy atom. The third-order valence-corrected chi connectivity index (χ3v) is 6.49. The fraction of sp³-hybridized carbons (Fsp3) is 0.500. The van der Waals surface area contributed by atoms with E-state index in [4.69, 9.17) is 18.0 Å². The van der Waals surface area contributed by atoms with Crippen LogP contribution in [0.1, 0.15) is 24.8 Å². The van der Waals surface area contributed by atoms with Gasteiger partial charge in [-0.15, -0.1) is 0 Å². The van der Waals surface area contributed by atoms with Gasteiger partial charge in [0.05, 0.1) is 9.88 Å². The largest absolute Gasteiger partial charge is 0.393 e. The Kier molecular flexibility index (Phi) is 5.65. The van der Waals surface area contributed by atoms with Gasteiger partial charge in [0.2, 0.25) is 10.0 Å². The van der Waals surface area contributed by atoms with E-state index in [1.165, 1.54) is 0 Å².